The standard InChI is InChI=1S/C18H23NO/c1-18(2,3)14-5-7-17-13(10-14)11-15(19-17)6-4-12-8-16(20)9-12/h5,7,10-12,19H,4,6,8-9H2,1-3H3. The van der Waals surface area contributed by atoms with Crippen LogP contribution < -0.4 is 0 Å². The number of benzene rings is 1. The number of aryl methyl sites for hydroxylation is 1. The Kier molecular flexibility index (Phi) is 3.19. The van der Waals surface area contributed by atoms with E-state index in [4.69, 9.17) is 0 Å². The number of carbonyl (C=O) groups is 1. The van der Waals surface area contributed by atoms with E-state index in [2.05, 4.69) is 50.0 Å². The molecule has 20 heavy (non-hydrogen) atoms. The fraction of sp³-hybridized carbons (Fsp3) is 0.500. The van der Waals surface area contributed by atoms with Gasteiger partial charge in [0.1, 0.15) is 5.78 Å². The van der Waals surface area contributed by atoms with Crippen molar-refractivity contribution in [2.24, 2.45) is 5.92 Å². The summed E-state index contributed by atoms with van der Waals surface area (Å²) in [4.78, 5) is 14.5. The first kappa shape index (κ1) is 13.4. The Hall–Kier alpha value is -1.57. The third-order valence-corrected chi connectivity index (χ3v) is 4.40. The smallest absolute Gasteiger partial charge is 0.133 e. The number of hydrogen-bond donors (Lipinski definition) is 1. The van der Waals surface area contributed by atoms with Crippen molar-refractivity contribution >= 4 is 16.7 Å². The molecule has 0 aliphatic heterocycles. The summed E-state index contributed by atoms with van der Waals surface area (Å²) in [6.07, 6.45) is 3.78. The molecule has 1 heterocycles. The molecule has 106 valence electrons. The first-order valence-electron chi connectivity index (χ1n) is 7.55. The van der Waals surface area contributed by atoms with Gasteiger partial charge in [0.15, 0.2) is 0 Å². The van der Waals surface area contributed by atoms with Gasteiger partial charge in [0.25, 0.3) is 0 Å². The second-order valence-electron chi connectivity index (χ2n) is 7.20. The molecule has 1 aliphatic carbocycles. The van der Waals surface area contributed by atoms with Gasteiger partial charge in [-0.2, -0.15) is 0 Å². The zero-order valence-electron chi connectivity index (χ0n) is 12.6. The van der Waals surface area contributed by atoms with Crippen molar-refractivity contribution < 1.29 is 4.79 Å². The normalized spacial score (nSPS) is 16.6. The molecule has 1 saturated carbocycles. The van der Waals surface area contributed by atoms with Gasteiger partial charge in [-0.25, -0.2) is 0 Å². The van der Waals surface area contributed by atoms with Gasteiger partial charge in [-0.1, -0.05) is 26.8 Å². The van der Waals surface area contributed by atoms with E-state index in [0.29, 0.717) is 11.7 Å². The van der Waals surface area contributed by atoms with Crippen molar-refractivity contribution in [2.75, 3.05) is 0 Å². The first-order chi connectivity index (χ1) is 9.41. The zero-order valence-corrected chi connectivity index (χ0v) is 12.6. The van der Waals surface area contributed by atoms with E-state index in [1.165, 1.54) is 22.2 Å². The summed E-state index contributed by atoms with van der Waals surface area (Å²) in [5.74, 6) is 1.06. The molecule has 0 radical (unpaired) electrons. The van der Waals surface area contributed by atoms with Gasteiger partial charge in [-0.15, -0.1) is 0 Å². The monoisotopic (exact) mass is 269 g/mol. The van der Waals surface area contributed by atoms with Gasteiger partial charge in [-0.05, 0) is 53.3 Å². The van der Waals surface area contributed by atoms with Gasteiger partial charge >= 0.3 is 0 Å². The van der Waals surface area contributed by atoms with E-state index >= 15 is 0 Å². The van der Waals surface area contributed by atoms with E-state index in [0.717, 1.165) is 25.7 Å². The molecule has 0 spiro atoms. The van der Waals surface area contributed by atoms with E-state index in [-0.39, 0.29) is 5.41 Å². The van der Waals surface area contributed by atoms with Crippen molar-refractivity contribution in [1.82, 2.24) is 4.98 Å². The maximum Gasteiger partial charge on any atom is 0.133 e. The zero-order chi connectivity index (χ0) is 14.3. The number of ketones is 1. The predicted octanol–water partition coefficient (Wildman–Crippen LogP) is 4.38. The average Bonchev–Trinajstić information content (AvgIpc) is 2.73. The molecule has 1 aromatic heterocycles. The van der Waals surface area contributed by atoms with Crippen LogP contribution in [0, 0.1) is 5.92 Å². The number of hydrogen-bond acceptors (Lipinski definition) is 1. The SMILES string of the molecule is CC(C)(C)c1ccc2[nH]c(CCC3CC(=O)C3)cc2c1. The van der Waals surface area contributed by atoms with Crippen LogP contribution in [-0.2, 0) is 16.6 Å². The molecule has 1 aliphatic rings. The first-order valence-corrected chi connectivity index (χ1v) is 7.55. The molecule has 0 unspecified atom stereocenters. The Morgan fingerprint density at radius 3 is 2.60 bits per heavy atom. The summed E-state index contributed by atoms with van der Waals surface area (Å²) in [5, 5.41) is 1.30. The predicted molar refractivity (Wildman–Crippen MR) is 83.1 cm³/mol. The molecule has 1 N–H and O–H groups in total. The molecule has 2 heteroatoms. The van der Waals surface area contributed by atoms with Crippen LogP contribution in [0.5, 0.6) is 0 Å². The summed E-state index contributed by atoms with van der Waals surface area (Å²) in [6.45, 7) is 6.74. The van der Waals surface area contributed by atoms with Crippen LogP contribution in [0.15, 0.2) is 24.3 Å². The molecule has 1 aromatic carbocycles. The molecule has 3 rings (SSSR count). The number of H-pyrrole nitrogens is 1. The Balaban J connectivity index is 1.75. The lowest BCUT2D eigenvalue weighted by molar-refractivity contribution is -0.126. The Morgan fingerprint density at radius 2 is 1.95 bits per heavy atom. The Labute approximate surface area is 120 Å². The van der Waals surface area contributed by atoms with Crippen molar-refractivity contribution in [1.29, 1.82) is 0 Å². The van der Waals surface area contributed by atoms with Gasteiger partial charge in [0.2, 0.25) is 0 Å². The molecule has 0 atom stereocenters. The topological polar surface area (TPSA) is 32.9 Å². The molecule has 2 nitrogen and oxygen atoms in total. The van der Waals surface area contributed by atoms with Gasteiger partial charge in [-0.3, -0.25) is 4.79 Å². The Morgan fingerprint density at radius 1 is 1.20 bits per heavy atom. The highest BCUT2D eigenvalue weighted by atomic mass is 16.1. The number of aromatic nitrogens is 1. The third kappa shape index (κ3) is 2.65. The molecule has 1 fully saturated rings. The lowest BCUT2D eigenvalue weighted by Gasteiger charge is -2.23. The lowest BCUT2D eigenvalue weighted by Crippen LogP contribution is -2.23. The minimum absolute atomic E-state index is 0.192. The summed E-state index contributed by atoms with van der Waals surface area (Å²) in [6, 6.07) is 8.97. The van der Waals surface area contributed by atoms with Crippen LogP contribution in [0.3, 0.4) is 0 Å². The second-order valence-corrected chi connectivity index (χ2v) is 7.20. The number of fused-ring (bicyclic) bond motifs is 1. The molecule has 0 amide bonds. The number of carbonyl (C=O) groups excluding carboxylic acids is 1. The van der Waals surface area contributed by atoms with Gasteiger partial charge < -0.3 is 4.98 Å². The van der Waals surface area contributed by atoms with Crippen molar-refractivity contribution in [3.63, 3.8) is 0 Å². The molecular weight excluding hydrogens is 246 g/mol. The van der Waals surface area contributed by atoms with E-state index in [1.54, 1.807) is 0 Å². The van der Waals surface area contributed by atoms with Crippen molar-refractivity contribution in [2.45, 2.75) is 51.9 Å². The average molecular weight is 269 g/mol. The highest BCUT2D eigenvalue weighted by Crippen LogP contribution is 2.29. The molecule has 2 aromatic rings. The van der Waals surface area contributed by atoms with Gasteiger partial charge in [0.05, 0.1) is 0 Å². The van der Waals surface area contributed by atoms with Crippen LogP contribution in [0.25, 0.3) is 10.9 Å². The second kappa shape index (κ2) is 4.76. The van der Waals surface area contributed by atoms with Crippen LogP contribution in [0.2, 0.25) is 0 Å². The summed E-state index contributed by atoms with van der Waals surface area (Å²) >= 11 is 0. The van der Waals surface area contributed by atoms with E-state index < -0.39 is 0 Å². The minimum Gasteiger partial charge on any atom is -0.358 e. The van der Waals surface area contributed by atoms with E-state index in [1.807, 2.05) is 0 Å². The van der Waals surface area contributed by atoms with Crippen LogP contribution >= 0.6 is 0 Å². The van der Waals surface area contributed by atoms with E-state index in [9.17, 15) is 4.79 Å². The lowest BCUT2D eigenvalue weighted by atomic mass is 9.80. The highest BCUT2D eigenvalue weighted by Gasteiger charge is 2.25. The fourth-order valence-electron chi connectivity index (χ4n) is 2.94. The number of aromatic amines is 1. The van der Waals surface area contributed by atoms with Crippen molar-refractivity contribution in [3.05, 3.63) is 35.5 Å². The summed E-state index contributed by atoms with van der Waals surface area (Å²) in [7, 11) is 0. The van der Waals surface area contributed by atoms with Gasteiger partial charge in [0, 0.05) is 24.1 Å². The quantitative estimate of drug-likeness (QED) is 0.881. The number of Topliss-reactive ketones (excluding diaryl/α,β-unsaturated/α-hetero) is 1. The maximum absolute atomic E-state index is 11.0. The summed E-state index contributed by atoms with van der Waals surface area (Å²) < 4.78 is 0. The summed E-state index contributed by atoms with van der Waals surface area (Å²) in [5.41, 5.74) is 4.08. The Bertz CT molecular complexity index is 637. The number of rotatable bonds is 3. The molecule has 0 bridgehead atoms. The molecular formula is C18H23NO. The minimum atomic E-state index is 0.192. The van der Waals surface area contributed by atoms with Crippen LogP contribution in [0.1, 0.15) is 51.3 Å². The fourth-order valence-corrected chi connectivity index (χ4v) is 2.94. The number of nitrogens with one attached hydrogen (secondary N) is 1. The molecule has 0 saturated heterocycles. The largest absolute Gasteiger partial charge is 0.358 e. The van der Waals surface area contributed by atoms with Crippen LogP contribution in [0.4, 0.5) is 0 Å². The van der Waals surface area contributed by atoms with Crippen molar-refractivity contribution in [3.8, 4) is 0 Å². The van der Waals surface area contributed by atoms with Crippen LogP contribution in [-0.4, -0.2) is 10.8 Å². The third-order valence-electron chi connectivity index (χ3n) is 4.40. The maximum atomic E-state index is 11.0. The highest BCUT2D eigenvalue weighted by molar-refractivity contribution is 5.84.